The van der Waals surface area contributed by atoms with E-state index in [1.165, 1.54) is 4.90 Å². The molecular weight excluding hydrogens is 352 g/mol. The molecule has 2 amide bonds. The SMILES string of the molecule is CCCN1C(=O)C(Nc2cc(C)ccc2OC)=C(c2ccc(C)cc2C)C1=O. The molecule has 146 valence electrons. The van der Waals surface area contributed by atoms with Gasteiger partial charge in [-0.2, -0.15) is 0 Å². The molecule has 0 saturated carbocycles. The number of nitrogens with zero attached hydrogens (tertiary/aromatic N) is 1. The lowest BCUT2D eigenvalue weighted by molar-refractivity contribution is -0.136. The molecule has 0 atom stereocenters. The van der Waals surface area contributed by atoms with Crippen molar-refractivity contribution < 1.29 is 14.3 Å². The van der Waals surface area contributed by atoms with Crippen LogP contribution in [0.2, 0.25) is 0 Å². The first-order chi connectivity index (χ1) is 13.4. The Morgan fingerprint density at radius 1 is 0.964 bits per heavy atom. The minimum atomic E-state index is -0.301. The number of rotatable bonds is 6. The second-order valence-electron chi connectivity index (χ2n) is 7.16. The summed E-state index contributed by atoms with van der Waals surface area (Å²) in [6.45, 7) is 8.27. The predicted octanol–water partition coefficient (Wildman–Crippen LogP) is 4.22. The molecule has 5 heteroatoms. The van der Waals surface area contributed by atoms with Gasteiger partial charge in [0.1, 0.15) is 11.4 Å². The third-order valence-electron chi connectivity index (χ3n) is 4.88. The highest BCUT2D eigenvalue weighted by atomic mass is 16.5. The number of nitrogens with one attached hydrogen (secondary N) is 1. The van der Waals surface area contributed by atoms with Gasteiger partial charge in [0.15, 0.2) is 0 Å². The van der Waals surface area contributed by atoms with Crippen molar-refractivity contribution >= 4 is 23.1 Å². The normalized spacial score (nSPS) is 14.1. The van der Waals surface area contributed by atoms with Gasteiger partial charge in [-0.25, -0.2) is 0 Å². The Morgan fingerprint density at radius 3 is 2.29 bits per heavy atom. The Morgan fingerprint density at radius 2 is 1.64 bits per heavy atom. The Balaban J connectivity index is 2.16. The Labute approximate surface area is 166 Å². The quantitative estimate of drug-likeness (QED) is 0.765. The largest absolute Gasteiger partial charge is 0.495 e. The van der Waals surface area contributed by atoms with Crippen molar-refractivity contribution in [1.82, 2.24) is 4.90 Å². The zero-order valence-electron chi connectivity index (χ0n) is 17.1. The third-order valence-corrected chi connectivity index (χ3v) is 4.88. The van der Waals surface area contributed by atoms with Crippen LogP contribution in [0.1, 0.15) is 35.6 Å². The summed E-state index contributed by atoms with van der Waals surface area (Å²) in [5.74, 6) is 0.0607. The lowest BCUT2D eigenvalue weighted by atomic mass is 9.97. The molecule has 5 nitrogen and oxygen atoms in total. The van der Waals surface area contributed by atoms with E-state index < -0.39 is 0 Å². The first-order valence-electron chi connectivity index (χ1n) is 9.47. The number of ether oxygens (including phenoxy) is 1. The molecule has 0 fully saturated rings. The van der Waals surface area contributed by atoms with Crippen LogP contribution in [-0.4, -0.2) is 30.4 Å². The Kier molecular flexibility index (Phi) is 5.54. The highest BCUT2D eigenvalue weighted by Gasteiger charge is 2.39. The summed E-state index contributed by atoms with van der Waals surface area (Å²) in [5.41, 5.74) is 5.26. The van der Waals surface area contributed by atoms with Crippen molar-refractivity contribution in [2.24, 2.45) is 0 Å². The highest BCUT2D eigenvalue weighted by Crippen LogP contribution is 2.35. The molecule has 1 heterocycles. The average molecular weight is 378 g/mol. The van der Waals surface area contributed by atoms with Gasteiger partial charge in [-0.3, -0.25) is 14.5 Å². The van der Waals surface area contributed by atoms with Crippen LogP contribution in [0.4, 0.5) is 5.69 Å². The van der Waals surface area contributed by atoms with Crippen LogP contribution in [0.15, 0.2) is 42.1 Å². The van der Waals surface area contributed by atoms with Gasteiger partial charge in [-0.15, -0.1) is 0 Å². The number of benzene rings is 2. The first kappa shape index (κ1) is 19.7. The molecule has 0 radical (unpaired) electrons. The monoisotopic (exact) mass is 378 g/mol. The molecule has 1 aliphatic rings. The average Bonchev–Trinajstić information content (AvgIpc) is 2.87. The van der Waals surface area contributed by atoms with Crippen molar-refractivity contribution in [3.05, 3.63) is 64.3 Å². The number of methoxy groups -OCH3 is 1. The lowest BCUT2D eigenvalue weighted by Gasteiger charge is -2.15. The zero-order chi connectivity index (χ0) is 20.4. The van der Waals surface area contributed by atoms with Crippen LogP contribution in [0.3, 0.4) is 0 Å². The van der Waals surface area contributed by atoms with E-state index in [9.17, 15) is 9.59 Å². The van der Waals surface area contributed by atoms with Crippen LogP contribution in [0.5, 0.6) is 5.75 Å². The minimum absolute atomic E-state index is 0.257. The summed E-state index contributed by atoms with van der Waals surface area (Å²) in [4.78, 5) is 27.6. The number of aryl methyl sites for hydroxylation is 3. The lowest BCUT2D eigenvalue weighted by Crippen LogP contribution is -2.33. The number of hydrogen-bond donors (Lipinski definition) is 1. The van der Waals surface area contributed by atoms with Gasteiger partial charge >= 0.3 is 0 Å². The molecule has 0 unspecified atom stereocenters. The number of anilines is 1. The smallest absolute Gasteiger partial charge is 0.278 e. The van der Waals surface area contributed by atoms with Crippen LogP contribution in [0, 0.1) is 20.8 Å². The zero-order valence-corrected chi connectivity index (χ0v) is 17.1. The van der Waals surface area contributed by atoms with Crippen molar-refractivity contribution in [1.29, 1.82) is 0 Å². The molecule has 3 rings (SSSR count). The number of hydrogen-bond acceptors (Lipinski definition) is 4. The van der Waals surface area contributed by atoms with E-state index in [0.29, 0.717) is 35.7 Å². The molecule has 0 aliphatic carbocycles. The molecule has 2 aromatic carbocycles. The van der Waals surface area contributed by atoms with Gasteiger partial charge in [0.05, 0.1) is 18.4 Å². The van der Waals surface area contributed by atoms with Gasteiger partial charge in [0.25, 0.3) is 11.8 Å². The maximum Gasteiger partial charge on any atom is 0.278 e. The van der Waals surface area contributed by atoms with E-state index in [1.807, 2.05) is 64.1 Å². The second-order valence-corrected chi connectivity index (χ2v) is 7.16. The van der Waals surface area contributed by atoms with E-state index in [0.717, 1.165) is 22.3 Å². The fraction of sp³-hybridized carbons (Fsp3) is 0.304. The van der Waals surface area contributed by atoms with Crippen molar-refractivity contribution in [3.8, 4) is 5.75 Å². The van der Waals surface area contributed by atoms with Crippen molar-refractivity contribution in [2.45, 2.75) is 34.1 Å². The maximum atomic E-state index is 13.1. The van der Waals surface area contributed by atoms with Crippen molar-refractivity contribution in [3.63, 3.8) is 0 Å². The molecular formula is C23H26N2O3. The van der Waals surface area contributed by atoms with Gasteiger partial charge in [0.2, 0.25) is 0 Å². The van der Waals surface area contributed by atoms with Crippen LogP contribution < -0.4 is 10.1 Å². The maximum absolute atomic E-state index is 13.1. The summed E-state index contributed by atoms with van der Waals surface area (Å²) in [5, 5.41) is 3.20. The highest BCUT2D eigenvalue weighted by molar-refractivity contribution is 6.36. The van der Waals surface area contributed by atoms with Gasteiger partial charge in [-0.05, 0) is 56.0 Å². The summed E-state index contributed by atoms with van der Waals surface area (Å²) >= 11 is 0. The fourth-order valence-electron chi connectivity index (χ4n) is 3.52. The second kappa shape index (κ2) is 7.89. The molecule has 0 saturated heterocycles. The molecule has 1 N–H and O–H groups in total. The van der Waals surface area contributed by atoms with E-state index in [2.05, 4.69) is 5.32 Å². The molecule has 28 heavy (non-hydrogen) atoms. The topological polar surface area (TPSA) is 58.6 Å². The van der Waals surface area contributed by atoms with Gasteiger partial charge in [-0.1, -0.05) is 36.8 Å². The predicted molar refractivity (Wildman–Crippen MR) is 111 cm³/mol. The number of imide groups is 1. The summed E-state index contributed by atoms with van der Waals surface area (Å²) in [7, 11) is 1.58. The number of carbonyl (C=O) groups is 2. The standard InChI is InChI=1S/C23H26N2O3/c1-6-11-25-22(26)20(17-9-7-14(2)12-16(17)4)21(23(25)27)24-18-13-15(3)8-10-19(18)28-5/h7-10,12-13,24H,6,11H2,1-5H3. The first-order valence-corrected chi connectivity index (χ1v) is 9.47. The molecule has 0 bridgehead atoms. The van der Waals surface area contributed by atoms with E-state index in [-0.39, 0.29) is 11.8 Å². The van der Waals surface area contributed by atoms with Gasteiger partial charge < -0.3 is 10.1 Å². The Hall–Kier alpha value is -3.08. The van der Waals surface area contributed by atoms with Crippen molar-refractivity contribution in [2.75, 3.05) is 19.0 Å². The summed E-state index contributed by atoms with van der Waals surface area (Å²) < 4.78 is 5.43. The summed E-state index contributed by atoms with van der Waals surface area (Å²) in [6, 6.07) is 11.6. The van der Waals surface area contributed by atoms with Crippen LogP contribution >= 0.6 is 0 Å². The molecule has 2 aromatic rings. The third kappa shape index (κ3) is 3.52. The van der Waals surface area contributed by atoms with Crippen LogP contribution in [-0.2, 0) is 9.59 Å². The number of carbonyl (C=O) groups excluding carboxylic acids is 2. The van der Waals surface area contributed by atoms with E-state index in [1.54, 1.807) is 7.11 Å². The van der Waals surface area contributed by atoms with E-state index >= 15 is 0 Å². The van der Waals surface area contributed by atoms with E-state index in [4.69, 9.17) is 4.74 Å². The molecule has 1 aliphatic heterocycles. The minimum Gasteiger partial charge on any atom is -0.495 e. The number of amides is 2. The Bertz CT molecular complexity index is 976. The molecule has 0 spiro atoms. The van der Waals surface area contributed by atoms with Gasteiger partial charge in [0, 0.05) is 6.54 Å². The summed E-state index contributed by atoms with van der Waals surface area (Å²) in [6.07, 6.45) is 0.707. The molecule has 0 aromatic heterocycles. The van der Waals surface area contributed by atoms with Crippen LogP contribution in [0.25, 0.3) is 5.57 Å². The fourth-order valence-corrected chi connectivity index (χ4v) is 3.52.